The van der Waals surface area contributed by atoms with Crippen LogP contribution in [-0.2, 0) is 21.9 Å². The van der Waals surface area contributed by atoms with Crippen LogP contribution in [0.2, 0.25) is 10.0 Å². The van der Waals surface area contributed by atoms with Crippen LogP contribution in [0.5, 0.6) is 17.2 Å². The summed E-state index contributed by atoms with van der Waals surface area (Å²) in [5.41, 5.74) is 3.80. The summed E-state index contributed by atoms with van der Waals surface area (Å²) in [6.45, 7) is 2.39. The zero-order chi connectivity index (χ0) is 36.2. The first-order valence-electron chi connectivity index (χ1n) is 16.1. The summed E-state index contributed by atoms with van der Waals surface area (Å²) >= 11 is 15.0. The van der Waals surface area contributed by atoms with Crippen LogP contribution in [0, 0.1) is 6.92 Å². The van der Waals surface area contributed by atoms with E-state index in [9.17, 15) is 14.7 Å². The molecule has 7 rings (SSSR count). The van der Waals surface area contributed by atoms with Crippen LogP contribution in [0.4, 0.5) is 5.13 Å². The quantitative estimate of drug-likeness (QED) is 0.0457. The molecule has 0 aliphatic carbocycles. The highest BCUT2D eigenvalue weighted by Gasteiger charge is 2.48. The lowest BCUT2D eigenvalue weighted by Gasteiger charge is -2.23. The Bertz CT molecular complexity index is 2300. The zero-order valence-electron chi connectivity index (χ0n) is 27.5. The van der Waals surface area contributed by atoms with Crippen LogP contribution < -0.4 is 14.4 Å². The molecule has 1 aromatic heterocycles. The minimum Gasteiger partial charge on any atom is -0.507 e. The van der Waals surface area contributed by atoms with Gasteiger partial charge in [-0.3, -0.25) is 14.5 Å². The van der Waals surface area contributed by atoms with Crippen molar-refractivity contribution in [1.82, 2.24) is 10.2 Å². The number of carbonyl (C=O) groups excluding carboxylic acids is 2. The van der Waals surface area contributed by atoms with Crippen LogP contribution >= 0.6 is 46.3 Å². The van der Waals surface area contributed by atoms with E-state index in [1.165, 1.54) is 16.7 Å². The number of carbonyl (C=O) groups is 2. The summed E-state index contributed by atoms with van der Waals surface area (Å²) in [4.78, 5) is 29.0. The minimum atomic E-state index is -1.03. The SMILES string of the molecule is Cc1cccc(COc2ccc(/C(O)=C3\C(=O)C(=O)N(c4nnc(SCc5ccc(Cl)cc5Cl)s4)C3c3cccc(Oc4ccccc4)c3)cc2)c1. The molecular formula is C40H29Cl2N3O5S2. The molecule has 0 saturated carbocycles. The number of aliphatic hydroxyl groups is 1. The summed E-state index contributed by atoms with van der Waals surface area (Å²) in [7, 11) is 0. The van der Waals surface area contributed by atoms with Gasteiger partial charge in [0.1, 0.15) is 29.6 Å². The third-order valence-corrected chi connectivity index (χ3v) is 10.9. The lowest BCUT2D eigenvalue weighted by atomic mass is 9.95. The molecule has 6 aromatic rings. The summed E-state index contributed by atoms with van der Waals surface area (Å²) in [6, 6.07) is 35.3. The maximum Gasteiger partial charge on any atom is 0.301 e. The highest BCUT2D eigenvalue weighted by atomic mass is 35.5. The van der Waals surface area contributed by atoms with Gasteiger partial charge in [-0.25, -0.2) is 0 Å². The Balaban J connectivity index is 1.22. The number of halogens is 2. The number of para-hydroxylation sites is 1. The molecule has 12 heteroatoms. The van der Waals surface area contributed by atoms with Gasteiger partial charge in [0.15, 0.2) is 4.34 Å². The highest BCUT2D eigenvalue weighted by molar-refractivity contribution is 8.00. The van der Waals surface area contributed by atoms with Crippen molar-refractivity contribution in [3.8, 4) is 17.2 Å². The lowest BCUT2D eigenvalue weighted by molar-refractivity contribution is -0.132. The van der Waals surface area contributed by atoms with Crippen molar-refractivity contribution in [2.75, 3.05) is 4.90 Å². The second kappa shape index (κ2) is 15.6. The van der Waals surface area contributed by atoms with E-state index in [4.69, 9.17) is 32.7 Å². The molecular weight excluding hydrogens is 737 g/mol. The number of ketones is 1. The van der Waals surface area contributed by atoms with E-state index in [0.717, 1.165) is 28.0 Å². The maximum absolute atomic E-state index is 13.9. The molecule has 8 nitrogen and oxygen atoms in total. The lowest BCUT2D eigenvalue weighted by Crippen LogP contribution is -2.29. The Morgan fingerprint density at radius 1 is 0.846 bits per heavy atom. The predicted octanol–water partition coefficient (Wildman–Crippen LogP) is 10.4. The Morgan fingerprint density at radius 3 is 2.38 bits per heavy atom. The van der Waals surface area contributed by atoms with Crippen molar-refractivity contribution in [2.45, 2.75) is 29.7 Å². The number of benzene rings is 5. The van der Waals surface area contributed by atoms with Crippen molar-refractivity contribution in [3.05, 3.63) is 165 Å². The predicted molar refractivity (Wildman–Crippen MR) is 206 cm³/mol. The normalized spacial score (nSPS) is 15.2. The fourth-order valence-electron chi connectivity index (χ4n) is 5.69. The van der Waals surface area contributed by atoms with Gasteiger partial charge in [-0.1, -0.05) is 113 Å². The molecule has 0 radical (unpaired) electrons. The molecule has 1 aliphatic rings. The number of aryl methyl sites for hydroxylation is 1. The summed E-state index contributed by atoms with van der Waals surface area (Å²) in [6.07, 6.45) is 0. The molecule has 5 aromatic carbocycles. The second-order valence-electron chi connectivity index (χ2n) is 11.8. The first-order valence-corrected chi connectivity index (χ1v) is 18.6. The van der Waals surface area contributed by atoms with Gasteiger partial charge in [0.05, 0.1) is 11.6 Å². The highest BCUT2D eigenvalue weighted by Crippen LogP contribution is 2.45. The number of Topliss-reactive ketones (excluding diaryl/α,β-unsaturated/α-hetero) is 1. The molecule has 1 fully saturated rings. The Morgan fingerprint density at radius 2 is 1.62 bits per heavy atom. The summed E-state index contributed by atoms with van der Waals surface area (Å²) in [5.74, 6) is 0.141. The van der Waals surface area contributed by atoms with E-state index in [1.807, 2.05) is 67.6 Å². The Hall–Kier alpha value is -5.13. The van der Waals surface area contributed by atoms with E-state index < -0.39 is 17.7 Å². The van der Waals surface area contributed by atoms with E-state index in [-0.39, 0.29) is 16.5 Å². The molecule has 1 aliphatic heterocycles. The van der Waals surface area contributed by atoms with Crippen molar-refractivity contribution in [1.29, 1.82) is 0 Å². The molecule has 260 valence electrons. The van der Waals surface area contributed by atoms with Crippen molar-refractivity contribution >= 4 is 68.9 Å². The van der Waals surface area contributed by atoms with Crippen LogP contribution in [0.25, 0.3) is 5.76 Å². The number of hydrogen-bond acceptors (Lipinski definition) is 9. The number of aliphatic hydroxyl groups excluding tert-OH is 1. The van der Waals surface area contributed by atoms with Gasteiger partial charge in [0, 0.05) is 21.4 Å². The number of anilines is 1. The second-order valence-corrected chi connectivity index (χ2v) is 14.9. The third-order valence-electron chi connectivity index (χ3n) is 8.18. The summed E-state index contributed by atoms with van der Waals surface area (Å²) in [5, 5.41) is 21.6. The van der Waals surface area contributed by atoms with Gasteiger partial charge < -0.3 is 14.6 Å². The van der Waals surface area contributed by atoms with Crippen LogP contribution in [0.3, 0.4) is 0 Å². The van der Waals surface area contributed by atoms with Gasteiger partial charge >= 0.3 is 5.91 Å². The number of amides is 1. The molecule has 1 amide bonds. The monoisotopic (exact) mass is 765 g/mol. The standard InChI is InChI=1S/C40H29Cl2N3O5S2/c1-24-7-5-8-25(19-24)22-49-30-17-14-26(15-18-30)36(46)34-35(27-9-6-12-32(20-27)50-31-10-3-2-4-11-31)45(38(48)37(34)47)39-43-44-40(52-39)51-23-28-13-16-29(41)21-33(28)42/h2-21,35,46H,22-23H2,1H3/b36-34+. The molecule has 1 N–H and O–H groups in total. The zero-order valence-corrected chi connectivity index (χ0v) is 30.7. The largest absolute Gasteiger partial charge is 0.507 e. The number of aromatic nitrogens is 2. The van der Waals surface area contributed by atoms with Gasteiger partial charge in [0.2, 0.25) is 5.13 Å². The fraction of sp³-hybridized carbons (Fsp3) is 0.100. The molecule has 1 saturated heterocycles. The number of rotatable bonds is 11. The molecule has 1 atom stereocenters. The van der Waals surface area contributed by atoms with E-state index in [1.54, 1.807) is 60.7 Å². The number of hydrogen-bond donors (Lipinski definition) is 1. The van der Waals surface area contributed by atoms with Crippen LogP contribution in [0.15, 0.2) is 131 Å². The van der Waals surface area contributed by atoms with Crippen molar-refractivity contribution < 1.29 is 24.2 Å². The number of ether oxygens (including phenoxy) is 2. The first kappa shape index (κ1) is 35.3. The van der Waals surface area contributed by atoms with Crippen molar-refractivity contribution in [2.24, 2.45) is 0 Å². The van der Waals surface area contributed by atoms with Crippen molar-refractivity contribution in [3.63, 3.8) is 0 Å². The van der Waals surface area contributed by atoms with E-state index in [2.05, 4.69) is 10.2 Å². The van der Waals surface area contributed by atoms with Gasteiger partial charge in [-0.15, -0.1) is 10.2 Å². The van der Waals surface area contributed by atoms with E-state index in [0.29, 0.717) is 55.1 Å². The minimum absolute atomic E-state index is 0.0901. The molecule has 1 unspecified atom stereocenters. The van der Waals surface area contributed by atoms with E-state index >= 15 is 0 Å². The molecule has 0 bridgehead atoms. The third kappa shape index (κ3) is 7.85. The molecule has 52 heavy (non-hydrogen) atoms. The number of thioether (sulfide) groups is 1. The average molecular weight is 767 g/mol. The van der Waals surface area contributed by atoms with Crippen LogP contribution in [0.1, 0.15) is 33.9 Å². The topological polar surface area (TPSA) is 102 Å². The molecule has 0 spiro atoms. The summed E-state index contributed by atoms with van der Waals surface area (Å²) < 4.78 is 12.6. The van der Waals surface area contributed by atoms with Gasteiger partial charge in [-0.2, -0.15) is 0 Å². The first-order chi connectivity index (χ1) is 25.2. The Kier molecular flexibility index (Phi) is 10.6. The Labute approximate surface area is 318 Å². The van der Waals surface area contributed by atoms with Gasteiger partial charge in [-0.05, 0) is 84.3 Å². The number of nitrogens with zero attached hydrogens (tertiary/aromatic N) is 3. The average Bonchev–Trinajstić information content (AvgIpc) is 3.72. The fourth-order valence-corrected chi connectivity index (χ4v) is 8.11. The van der Waals surface area contributed by atoms with Crippen LogP contribution in [-0.4, -0.2) is 27.0 Å². The molecule has 2 heterocycles. The maximum atomic E-state index is 13.9. The smallest absolute Gasteiger partial charge is 0.301 e. The van der Waals surface area contributed by atoms with Gasteiger partial charge in [0.25, 0.3) is 5.78 Å².